The zero-order chi connectivity index (χ0) is 31.3. The molecule has 2 aromatic carbocycles. The molecule has 1 N–H and O–H groups in total. The predicted molar refractivity (Wildman–Crippen MR) is 142 cm³/mol. The summed E-state index contributed by atoms with van der Waals surface area (Å²) >= 11 is 11.5. The number of Topliss-reactive ketones (excluding diaryl/α,β-unsaturated/α-hetero) is 3. The van der Waals surface area contributed by atoms with E-state index in [9.17, 15) is 41.1 Å². The maximum Gasteiger partial charge on any atom is 0.450 e. The van der Waals surface area contributed by atoms with Gasteiger partial charge in [0.25, 0.3) is 0 Å². The number of hydrogen-bond donors (Lipinski definition) is 1. The van der Waals surface area contributed by atoms with Crippen molar-refractivity contribution in [2.75, 3.05) is 7.11 Å². The molecule has 1 amide bonds. The SMILES string of the molecule is COc1ccc([C@H](NC(=O)[C@H](C)CC(=O)C(F)(F)c2ccc(Cl)c(Cl)c2)C(=O)C[C@H](C(=O)C(F)(F)F)C(C)C)cc1. The molecule has 6 nitrogen and oxygen atoms in total. The lowest BCUT2D eigenvalue weighted by Crippen LogP contribution is -2.41. The molecule has 0 aliphatic heterocycles. The summed E-state index contributed by atoms with van der Waals surface area (Å²) in [5.41, 5.74) is -0.587. The fourth-order valence-electron chi connectivity index (χ4n) is 3.96. The Morgan fingerprint density at radius 3 is 1.95 bits per heavy atom. The van der Waals surface area contributed by atoms with E-state index in [1.165, 1.54) is 52.1 Å². The molecule has 0 heterocycles. The van der Waals surface area contributed by atoms with Crippen LogP contribution in [0, 0.1) is 17.8 Å². The van der Waals surface area contributed by atoms with E-state index < -0.39 is 77.6 Å². The van der Waals surface area contributed by atoms with E-state index in [0.29, 0.717) is 5.75 Å². The topological polar surface area (TPSA) is 89.5 Å². The number of rotatable bonds is 13. The summed E-state index contributed by atoms with van der Waals surface area (Å²) in [4.78, 5) is 50.7. The van der Waals surface area contributed by atoms with Crippen LogP contribution in [0.3, 0.4) is 0 Å². The Hall–Kier alpha value is -3.05. The summed E-state index contributed by atoms with van der Waals surface area (Å²) in [6.45, 7) is 3.88. The highest BCUT2D eigenvalue weighted by Gasteiger charge is 2.46. The van der Waals surface area contributed by atoms with Crippen LogP contribution >= 0.6 is 23.2 Å². The summed E-state index contributed by atoms with van der Waals surface area (Å²) in [6, 6.07) is 6.94. The molecule has 224 valence electrons. The molecule has 2 rings (SSSR count). The number of ether oxygens (including phenoxy) is 1. The minimum absolute atomic E-state index is 0.00251. The van der Waals surface area contributed by atoms with Gasteiger partial charge in [-0.05, 0) is 35.7 Å². The van der Waals surface area contributed by atoms with Gasteiger partial charge in [-0.2, -0.15) is 22.0 Å². The third-order valence-corrected chi connectivity index (χ3v) is 7.21. The van der Waals surface area contributed by atoms with Crippen LogP contribution in [0.4, 0.5) is 22.0 Å². The van der Waals surface area contributed by atoms with Gasteiger partial charge in [0.1, 0.15) is 11.8 Å². The Balaban J connectivity index is 2.30. The smallest absolute Gasteiger partial charge is 0.450 e. The van der Waals surface area contributed by atoms with E-state index in [-0.39, 0.29) is 15.6 Å². The van der Waals surface area contributed by atoms with E-state index >= 15 is 0 Å². The summed E-state index contributed by atoms with van der Waals surface area (Å²) in [7, 11) is 1.38. The summed E-state index contributed by atoms with van der Waals surface area (Å²) in [5, 5.41) is 2.14. The van der Waals surface area contributed by atoms with Crippen molar-refractivity contribution >= 4 is 46.5 Å². The van der Waals surface area contributed by atoms with Crippen molar-refractivity contribution < 1.29 is 45.9 Å². The summed E-state index contributed by atoms with van der Waals surface area (Å²) < 4.78 is 74.2. The Labute approximate surface area is 243 Å². The molecule has 3 atom stereocenters. The van der Waals surface area contributed by atoms with Crippen LogP contribution in [0.1, 0.15) is 50.8 Å². The maximum atomic E-state index is 14.8. The normalized spacial score (nSPS) is 14.2. The number of halogens is 7. The number of methoxy groups -OCH3 is 1. The Morgan fingerprint density at radius 1 is 0.878 bits per heavy atom. The molecule has 2 aromatic rings. The zero-order valence-corrected chi connectivity index (χ0v) is 24.0. The molecule has 0 fully saturated rings. The van der Waals surface area contributed by atoms with Crippen LogP contribution in [0.2, 0.25) is 10.0 Å². The number of hydrogen-bond acceptors (Lipinski definition) is 5. The number of benzene rings is 2. The van der Waals surface area contributed by atoms with Crippen LogP contribution in [0.25, 0.3) is 0 Å². The zero-order valence-electron chi connectivity index (χ0n) is 22.5. The predicted octanol–water partition coefficient (Wildman–Crippen LogP) is 6.91. The second-order valence-electron chi connectivity index (χ2n) is 9.83. The molecule has 0 aromatic heterocycles. The molecular weight excluding hydrogens is 596 g/mol. The average Bonchev–Trinajstić information content (AvgIpc) is 2.90. The van der Waals surface area contributed by atoms with E-state index in [2.05, 4.69) is 5.32 Å². The molecule has 0 aliphatic rings. The van der Waals surface area contributed by atoms with E-state index in [0.717, 1.165) is 18.2 Å². The van der Waals surface area contributed by atoms with Crippen LogP contribution < -0.4 is 10.1 Å². The van der Waals surface area contributed by atoms with Gasteiger partial charge in [0, 0.05) is 30.2 Å². The molecule has 0 unspecified atom stereocenters. The van der Waals surface area contributed by atoms with Crippen molar-refractivity contribution in [3.8, 4) is 5.75 Å². The van der Waals surface area contributed by atoms with Crippen molar-refractivity contribution in [1.29, 1.82) is 0 Å². The molecule has 0 aliphatic carbocycles. The van der Waals surface area contributed by atoms with Crippen molar-refractivity contribution in [2.24, 2.45) is 17.8 Å². The van der Waals surface area contributed by atoms with E-state index in [4.69, 9.17) is 27.9 Å². The van der Waals surface area contributed by atoms with Gasteiger partial charge in [0.2, 0.25) is 17.5 Å². The quantitative estimate of drug-likeness (QED) is 0.245. The highest BCUT2D eigenvalue weighted by atomic mass is 35.5. The van der Waals surface area contributed by atoms with E-state index in [1.807, 2.05) is 0 Å². The fourth-order valence-corrected chi connectivity index (χ4v) is 4.26. The standard InChI is InChI=1S/C28H28Cl2F5NO5/c1-14(2)19(25(39)28(33,34)35)13-22(37)24(16-5-8-18(41-4)9-6-16)36-26(40)15(3)11-23(38)27(31,32)17-7-10-20(29)21(30)12-17/h5-10,12,14-15,19,24H,11,13H2,1-4H3,(H,36,40)/t15-,19+,24+/m1/s1. The lowest BCUT2D eigenvalue weighted by molar-refractivity contribution is -0.177. The first-order valence-electron chi connectivity index (χ1n) is 12.3. The van der Waals surface area contributed by atoms with Gasteiger partial charge >= 0.3 is 12.1 Å². The second kappa shape index (κ2) is 13.7. The van der Waals surface area contributed by atoms with Gasteiger partial charge in [0.05, 0.1) is 17.2 Å². The third kappa shape index (κ3) is 8.72. The molecule has 13 heteroatoms. The largest absolute Gasteiger partial charge is 0.497 e. The minimum Gasteiger partial charge on any atom is -0.497 e. The lowest BCUT2D eigenvalue weighted by atomic mass is 9.84. The molecule has 0 saturated carbocycles. The van der Waals surface area contributed by atoms with Gasteiger partial charge in [-0.1, -0.05) is 62.2 Å². The third-order valence-electron chi connectivity index (χ3n) is 6.47. The Morgan fingerprint density at radius 2 is 1.46 bits per heavy atom. The molecule has 41 heavy (non-hydrogen) atoms. The average molecular weight is 624 g/mol. The highest BCUT2D eigenvalue weighted by Crippen LogP contribution is 2.35. The second-order valence-corrected chi connectivity index (χ2v) is 10.6. The van der Waals surface area contributed by atoms with Crippen LogP contribution in [0.15, 0.2) is 42.5 Å². The summed E-state index contributed by atoms with van der Waals surface area (Å²) in [5.74, 6) is -13.2. The minimum atomic E-state index is -5.18. The maximum absolute atomic E-state index is 14.8. The number of carbonyl (C=O) groups excluding carboxylic acids is 4. The van der Waals surface area contributed by atoms with Gasteiger partial charge in [0.15, 0.2) is 5.78 Å². The van der Waals surface area contributed by atoms with Crippen molar-refractivity contribution in [3.63, 3.8) is 0 Å². The monoisotopic (exact) mass is 623 g/mol. The van der Waals surface area contributed by atoms with Crippen molar-refractivity contribution in [1.82, 2.24) is 5.32 Å². The highest BCUT2D eigenvalue weighted by molar-refractivity contribution is 6.42. The van der Waals surface area contributed by atoms with Crippen molar-refractivity contribution in [2.45, 2.75) is 51.8 Å². The van der Waals surface area contributed by atoms with Gasteiger partial charge < -0.3 is 10.1 Å². The fraction of sp³-hybridized carbons (Fsp3) is 0.429. The van der Waals surface area contributed by atoms with Crippen LogP contribution in [-0.2, 0) is 25.1 Å². The Kier molecular flexibility index (Phi) is 11.4. The first-order valence-corrected chi connectivity index (χ1v) is 13.1. The number of ketones is 3. The number of amides is 1. The lowest BCUT2D eigenvalue weighted by Gasteiger charge is -2.25. The molecular formula is C28H28Cl2F5NO5. The molecule has 0 bridgehead atoms. The van der Waals surface area contributed by atoms with Crippen LogP contribution in [0.5, 0.6) is 5.75 Å². The number of nitrogens with one attached hydrogen (secondary N) is 1. The molecule has 0 radical (unpaired) electrons. The number of alkyl halides is 5. The van der Waals surface area contributed by atoms with Gasteiger partial charge in [-0.3, -0.25) is 19.2 Å². The summed E-state index contributed by atoms with van der Waals surface area (Å²) in [6.07, 6.45) is -6.97. The van der Waals surface area contributed by atoms with Crippen molar-refractivity contribution in [3.05, 3.63) is 63.6 Å². The first-order chi connectivity index (χ1) is 18.9. The first kappa shape index (κ1) is 34.2. The van der Waals surface area contributed by atoms with Gasteiger partial charge in [-0.25, -0.2) is 0 Å². The number of carbonyl (C=O) groups is 4. The molecule has 0 spiro atoms. The van der Waals surface area contributed by atoms with Gasteiger partial charge in [-0.15, -0.1) is 0 Å². The Bertz CT molecular complexity index is 1280. The van der Waals surface area contributed by atoms with Crippen LogP contribution in [-0.4, -0.2) is 36.5 Å². The molecule has 0 saturated heterocycles. The van der Waals surface area contributed by atoms with E-state index in [1.54, 1.807) is 0 Å².